The van der Waals surface area contributed by atoms with Crippen molar-refractivity contribution in [1.82, 2.24) is 5.06 Å². The van der Waals surface area contributed by atoms with Crippen molar-refractivity contribution in [3.8, 4) is 0 Å². The molecular weight excluding hydrogens is 190 g/mol. The van der Waals surface area contributed by atoms with Crippen molar-refractivity contribution >= 4 is 5.97 Å². The lowest BCUT2D eigenvalue weighted by Crippen LogP contribution is -2.36. The largest absolute Gasteiger partial charge is 0.364 e. The van der Waals surface area contributed by atoms with Crippen molar-refractivity contribution in [1.29, 1.82) is 0 Å². The van der Waals surface area contributed by atoms with Crippen LogP contribution in [0.15, 0.2) is 12.7 Å². The van der Waals surface area contributed by atoms with Crippen LogP contribution in [0.4, 0.5) is 0 Å². The first-order chi connectivity index (χ1) is 7.19. The van der Waals surface area contributed by atoms with E-state index in [1.54, 1.807) is 5.06 Å². The lowest BCUT2D eigenvalue weighted by atomic mass is 10.1. The zero-order chi connectivity index (χ0) is 11.7. The van der Waals surface area contributed by atoms with E-state index in [4.69, 9.17) is 4.84 Å². The Bertz CT molecular complexity index is 188. The lowest BCUT2D eigenvalue weighted by molar-refractivity contribution is -0.197. The molecule has 0 bridgehead atoms. The maximum absolute atomic E-state index is 11.1. The minimum atomic E-state index is -0.363. The Balaban J connectivity index is 4.26. The molecule has 0 spiro atoms. The van der Waals surface area contributed by atoms with Crippen LogP contribution >= 0.6 is 0 Å². The van der Waals surface area contributed by atoms with Gasteiger partial charge >= 0.3 is 5.97 Å². The van der Waals surface area contributed by atoms with Gasteiger partial charge in [0.15, 0.2) is 0 Å². The highest BCUT2D eigenvalue weighted by Gasteiger charge is 2.17. The van der Waals surface area contributed by atoms with Gasteiger partial charge in [-0.25, -0.2) is 4.79 Å². The van der Waals surface area contributed by atoms with Crippen LogP contribution in [0, 0.1) is 0 Å². The molecule has 0 aliphatic heterocycles. The predicted octanol–water partition coefficient (Wildman–Crippen LogP) is 2.92. The molecule has 0 N–H and O–H groups in total. The average Bonchev–Trinajstić information content (AvgIpc) is 2.26. The van der Waals surface area contributed by atoms with Crippen LogP contribution in [0.2, 0.25) is 0 Å². The van der Waals surface area contributed by atoms with E-state index in [1.807, 2.05) is 0 Å². The Labute approximate surface area is 93.1 Å². The molecule has 0 aromatic heterocycles. The normalized spacial score (nSPS) is 10.7. The van der Waals surface area contributed by atoms with Gasteiger partial charge in [0.2, 0.25) is 0 Å². The third-order valence-corrected chi connectivity index (χ3v) is 2.46. The minimum Gasteiger partial charge on any atom is -0.364 e. The number of unbranched alkanes of at least 4 members (excludes halogenated alkanes) is 1. The highest BCUT2D eigenvalue weighted by Crippen LogP contribution is 2.10. The van der Waals surface area contributed by atoms with Crippen molar-refractivity contribution in [3.63, 3.8) is 0 Å². The molecular formula is C12H23NO2. The van der Waals surface area contributed by atoms with Crippen LogP contribution in [-0.2, 0) is 9.63 Å². The SMILES string of the molecule is C=CC(=O)ON(CCCC)C(CC)CC. The third-order valence-electron chi connectivity index (χ3n) is 2.46. The van der Waals surface area contributed by atoms with Gasteiger partial charge in [0.25, 0.3) is 0 Å². The zero-order valence-corrected chi connectivity index (χ0v) is 10.2. The zero-order valence-electron chi connectivity index (χ0n) is 10.2. The van der Waals surface area contributed by atoms with Crippen molar-refractivity contribution < 1.29 is 9.63 Å². The van der Waals surface area contributed by atoms with Gasteiger partial charge < -0.3 is 4.84 Å². The second kappa shape index (κ2) is 8.48. The Morgan fingerprint density at radius 2 is 2.00 bits per heavy atom. The molecule has 88 valence electrons. The molecule has 0 aliphatic carbocycles. The highest BCUT2D eigenvalue weighted by atomic mass is 16.7. The molecule has 0 aromatic carbocycles. The van der Waals surface area contributed by atoms with E-state index < -0.39 is 0 Å². The summed E-state index contributed by atoms with van der Waals surface area (Å²) >= 11 is 0. The number of hydroxylamine groups is 2. The summed E-state index contributed by atoms with van der Waals surface area (Å²) in [6.45, 7) is 10.5. The van der Waals surface area contributed by atoms with Crippen LogP contribution < -0.4 is 0 Å². The predicted molar refractivity (Wildman–Crippen MR) is 62.3 cm³/mol. The van der Waals surface area contributed by atoms with E-state index in [9.17, 15) is 4.79 Å². The standard InChI is InChI=1S/C12H23NO2/c1-5-9-10-13(11(6-2)7-3)15-12(14)8-4/h8,11H,4-7,9-10H2,1-3H3. The summed E-state index contributed by atoms with van der Waals surface area (Å²) in [7, 11) is 0. The number of nitrogens with zero attached hydrogens (tertiary/aromatic N) is 1. The van der Waals surface area contributed by atoms with Gasteiger partial charge in [-0.2, -0.15) is 0 Å². The van der Waals surface area contributed by atoms with E-state index in [0.29, 0.717) is 6.04 Å². The van der Waals surface area contributed by atoms with E-state index in [1.165, 1.54) is 6.08 Å². The summed E-state index contributed by atoms with van der Waals surface area (Å²) in [6.07, 6.45) is 5.33. The smallest absolute Gasteiger partial charge is 0.349 e. The first-order valence-corrected chi connectivity index (χ1v) is 5.80. The maximum atomic E-state index is 11.1. The van der Waals surface area contributed by atoms with Gasteiger partial charge in [0, 0.05) is 18.7 Å². The van der Waals surface area contributed by atoms with Crippen LogP contribution in [-0.4, -0.2) is 23.6 Å². The molecule has 0 aliphatic rings. The third kappa shape index (κ3) is 5.57. The average molecular weight is 213 g/mol. The highest BCUT2D eigenvalue weighted by molar-refractivity contribution is 5.80. The van der Waals surface area contributed by atoms with E-state index in [0.717, 1.165) is 32.2 Å². The van der Waals surface area contributed by atoms with Crippen molar-refractivity contribution in [2.24, 2.45) is 0 Å². The monoisotopic (exact) mass is 213 g/mol. The van der Waals surface area contributed by atoms with Gasteiger partial charge in [0.05, 0.1) is 0 Å². The summed E-state index contributed by atoms with van der Waals surface area (Å²) in [4.78, 5) is 16.4. The molecule has 0 rings (SSSR count). The fourth-order valence-electron chi connectivity index (χ4n) is 1.47. The second-order valence-electron chi connectivity index (χ2n) is 3.58. The van der Waals surface area contributed by atoms with E-state index >= 15 is 0 Å². The summed E-state index contributed by atoms with van der Waals surface area (Å²) in [5.74, 6) is -0.363. The molecule has 0 atom stereocenters. The molecule has 0 fully saturated rings. The van der Waals surface area contributed by atoms with Crippen LogP contribution in [0.25, 0.3) is 0 Å². The summed E-state index contributed by atoms with van der Waals surface area (Å²) in [5, 5.41) is 1.80. The topological polar surface area (TPSA) is 29.5 Å². The van der Waals surface area contributed by atoms with Crippen molar-refractivity contribution in [2.45, 2.75) is 52.5 Å². The van der Waals surface area contributed by atoms with Crippen LogP contribution in [0.3, 0.4) is 0 Å². The van der Waals surface area contributed by atoms with E-state index in [-0.39, 0.29) is 5.97 Å². The lowest BCUT2D eigenvalue weighted by Gasteiger charge is -2.27. The first-order valence-electron chi connectivity index (χ1n) is 5.80. The summed E-state index contributed by atoms with van der Waals surface area (Å²) < 4.78 is 0. The number of rotatable bonds is 8. The fourth-order valence-corrected chi connectivity index (χ4v) is 1.47. The molecule has 15 heavy (non-hydrogen) atoms. The molecule has 0 aromatic rings. The first kappa shape index (κ1) is 14.2. The van der Waals surface area contributed by atoms with Gasteiger partial charge in [-0.1, -0.05) is 33.8 Å². The van der Waals surface area contributed by atoms with Crippen molar-refractivity contribution in [2.75, 3.05) is 6.54 Å². The number of hydrogen-bond donors (Lipinski definition) is 0. The van der Waals surface area contributed by atoms with Gasteiger partial charge in [0.1, 0.15) is 0 Å². The number of carbonyl (C=O) groups excluding carboxylic acids is 1. The Morgan fingerprint density at radius 1 is 1.40 bits per heavy atom. The van der Waals surface area contributed by atoms with E-state index in [2.05, 4.69) is 27.4 Å². The Kier molecular flexibility index (Phi) is 8.01. The fraction of sp³-hybridized carbons (Fsp3) is 0.750. The molecule has 0 saturated carbocycles. The quantitative estimate of drug-likeness (QED) is 0.458. The second-order valence-corrected chi connectivity index (χ2v) is 3.58. The molecule has 3 nitrogen and oxygen atoms in total. The molecule has 0 amide bonds. The van der Waals surface area contributed by atoms with Crippen LogP contribution in [0.1, 0.15) is 46.5 Å². The van der Waals surface area contributed by atoms with Gasteiger partial charge in [-0.3, -0.25) is 0 Å². The molecule has 0 heterocycles. The van der Waals surface area contributed by atoms with Crippen LogP contribution in [0.5, 0.6) is 0 Å². The maximum Gasteiger partial charge on any atom is 0.349 e. The van der Waals surface area contributed by atoms with Gasteiger partial charge in [-0.15, -0.1) is 5.06 Å². The summed E-state index contributed by atoms with van der Waals surface area (Å²) in [5.41, 5.74) is 0. The van der Waals surface area contributed by atoms with Gasteiger partial charge in [-0.05, 0) is 19.3 Å². The molecule has 0 saturated heterocycles. The van der Waals surface area contributed by atoms with Crippen molar-refractivity contribution in [3.05, 3.63) is 12.7 Å². The Morgan fingerprint density at radius 3 is 2.40 bits per heavy atom. The molecule has 3 heteroatoms. The number of hydrogen-bond acceptors (Lipinski definition) is 3. The summed E-state index contributed by atoms with van der Waals surface area (Å²) in [6, 6.07) is 0.320. The molecule has 0 radical (unpaired) electrons. The Hall–Kier alpha value is -0.830. The minimum absolute atomic E-state index is 0.320. The number of carbonyl (C=O) groups is 1. The molecule has 0 unspecified atom stereocenters.